The number of thiazole rings is 1. The molecule has 2 heterocycles. The lowest BCUT2D eigenvalue weighted by Crippen LogP contribution is -2.43. The Bertz CT molecular complexity index is 979. The molecule has 0 saturated carbocycles. The normalized spacial score (nSPS) is 11.8. The molecule has 1 aromatic carbocycles. The molecule has 1 N–H and O–H groups in total. The van der Waals surface area contributed by atoms with Crippen molar-refractivity contribution in [3.05, 3.63) is 47.6 Å². The number of imidazole rings is 1. The number of nitrogens with zero attached hydrogens (tertiary/aromatic N) is 2. The summed E-state index contributed by atoms with van der Waals surface area (Å²) in [6.45, 7) is 0. The third-order valence-electron chi connectivity index (χ3n) is 3.90. The van der Waals surface area contributed by atoms with Crippen molar-refractivity contribution in [3.63, 3.8) is 0 Å². The van der Waals surface area contributed by atoms with Crippen LogP contribution < -0.4 is 5.32 Å². The van der Waals surface area contributed by atoms with Crippen molar-refractivity contribution in [1.82, 2.24) is 14.7 Å². The zero-order valence-electron chi connectivity index (χ0n) is 14.7. The predicted octanol–water partition coefficient (Wildman–Crippen LogP) is 1.90. The van der Waals surface area contributed by atoms with Crippen LogP contribution in [0.1, 0.15) is 16.9 Å². The molecule has 0 spiro atoms. The number of amides is 1. The summed E-state index contributed by atoms with van der Waals surface area (Å²) in [5.41, 5.74) is 1.97. The Morgan fingerprint density at radius 2 is 1.93 bits per heavy atom. The van der Waals surface area contributed by atoms with Crippen molar-refractivity contribution in [2.24, 2.45) is 0 Å². The van der Waals surface area contributed by atoms with E-state index in [0.717, 1.165) is 11.3 Å². The third-order valence-corrected chi connectivity index (χ3v) is 4.74. The van der Waals surface area contributed by atoms with Crippen molar-refractivity contribution in [2.75, 3.05) is 14.2 Å². The molecule has 9 heteroatoms. The van der Waals surface area contributed by atoms with Gasteiger partial charge < -0.3 is 14.8 Å². The smallest absolute Gasteiger partial charge is 0.328 e. The van der Waals surface area contributed by atoms with Gasteiger partial charge in [0.25, 0.3) is 5.91 Å². The van der Waals surface area contributed by atoms with Crippen molar-refractivity contribution < 1.29 is 23.9 Å². The lowest BCUT2D eigenvalue weighted by atomic mass is 10.2. The molecule has 0 bridgehead atoms. The standard InChI is InChI=1S/C18H17N3O5S/c1-25-15(22)8-12(17(24)26-2)19-16(23)14-10-27-18-20-13(9-21(14)18)11-6-4-3-5-7-11/h3-7,9-10,12H,8H2,1-2H3,(H,19,23)/t12-/m0/s1. The molecule has 2 aromatic heterocycles. The van der Waals surface area contributed by atoms with Gasteiger partial charge in [-0.3, -0.25) is 14.0 Å². The molecule has 0 aliphatic carbocycles. The van der Waals surface area contributed by atoms with E-state index < -0.39 is 23.9 Å². The lowest BCUT2D eigenvalue weighted by molar-refractivity contribution is -0.149. The van der Waals surface area contributed by atoms with E-state index in [1.807, 2.05) is 30.3 Å². The Morgan fingerprint density at radius 1 is 1.19 bits per heavy atom. The second-order valence-corrected chi connectivity index (χ2v) is 6.43. The second kappa shape index (κ2) is 8.00. The summed E-state index contributed by atoms with van der Waals surface area (Å²) in [7, 11) is 2.39. The summed E-state index contributed by atoms with van der Waals surface area (Å²) < 4.78 is 10.9. The zero-order valence-corrected chi connectivity index (χ0v) is 15.5. The molecular formula is C18H17N3O5S. The van der Waals surface area contributed by atoms with Gasteiger partial charge in [-0.15, -0.1) is 11.3 Å². The first kappa shape index (κ1) is 18.6. The minimum atomic E-state index is -1.14. The first-order chi connectivity index (χ1) is 13.0. The Balaban J connectivity index is 1.85. The number of carbonyl (C=O) groups excluding carboxylic acids is 3. The minimum absolute atomic E-state index is 0.309. The van der Waals surface area contributed by atoms with Crippen LogP contribution in [0.4, 0.5) is 0 Å². The molecule has 0 unspecified atom stereocenters. The molecule has 140 valence electrons. The quantitative estimate of drug-likeness (QED) is 0.649. The summed E-state index contributed by atoms with van der Waals surface area (Å²) in [4.78, 5) is 41.2. The van der Waals surface area contributed by atoms with E-state index in [1.165, 1.54) is 25.6 Å². The highest BCUT2D eigenvalue weighted by Gasteiger charge is 2.27. The van der Waals surface area contributed by atoms with Gasteiger partial charge in [-0.25, -0.2) is 9.78 Å². The number of rotatable bonds is 6. The van der Waals surface area contributed by atoms with Crippen molar-refractivity contribution in [1.29, 1.82) is 0 Å². The topological polar surface area (TPSA) is 99.0 Å². The highest BCUT2D eigenvalue weighted by atomic mass is 32.1. The van der Waals surface area contributed by atoms with E-state index >= 15 is 0 Å². The van der Waals surface area contributed by atoms with Gasteiger partial charge in [0.2, 0.25) is 0 Å². The van der Waals surface area contributed by atoms with Crippen LogP contribution in [0.5, 0.6) is 0 Å². The molecule has 27 heavy (non-hydrogen) atoms. The fraction of sp³-hybridized carbons (Fsp3) is 0.222. The predicted molar refractivity (Wildman–Crippen MR) is 98.4 cm³/mol. The molecule has 0 aliphatic rings. The van der Waals surface area contributed by atoms with Gasteiger partial charge in [0.15, 0.2) is 4.96 Å². The van der Waals surface area contributed by atoms with Crippen LogP contribution in [-0.4, -0.2) is 47.5 Å². The average Bonchev–Trinajstić information content (AvgIpc) is 3.28. The van der Waals surface area contributed by atoms with Gasteiger partial charge in [0.1, 0.15) is 11.7 Å². The van der Waals surface area contributed by atoms with Crippen molar-refractivity contribution in [3.8, 4) is 11.3 Å². The first-order valence-electron chi connectivity index (χ1n) is 8.01. The van der Waals surface area contributed by atoms with Crippen molar-refractivity contribution in [2.45, 2.75) is 12.5 Å². The zero-order chi connectivity index (χ0) is 19.4. The second-order valence-electron chi connectivity index (χ2n) is 5.60. The van der Waals surface area contributed by atoms with Crippen LogP contribution in [0.25, 0.3) is 16.2 Å². The van der Waals surface area contributed by atoms with Gasteiger partial charge in [-0.05, 0) is 0 Å². The Morgan fingerprint density at radius 3 is 2.59 bits per heavy atom. The van der Waals surface area contributed by atoms with Crippen molar-refractivity contribution >= 4 is 34.1 Å². The Hall–Kier alpha value is -3.20. The van der Waals surface area contributed by atoms with Gasteiger partial charge in [0, 0.05) is 17.1 Å². The fourth-order valence-electron chi connectivity index (χ4n) is 2.51. The molecule has 3 aromatic rings. The van der Waals surface area contributed by atoms with Crippen LogP contribution in [0, 0.1) is 0 Å². The summed E-state index contributed by atoms with van der Waals surface area (Å²) in [6.07, 6.45) is 1.44. The number of methoxy groups -OCH3 is 2. The summed E-state index contributed by atoms with van der Waals surface area (Å²) in [5, 5.41) is 4.16. The van der Waals surface area contributed by atoms with Gasteiger partial charge in [-0.1, -0.05) is 30.3 Å². The van der Waals surface area contributed by atoms with Crippen LogP contribution in [0.2, 0.25) is 0 Å². The van der Waals surface area contributed by atoms with Gasteiger partial charge in [-0.2, -0.15) is 0 Å². The number of hydrogen-bond acceptors (Lipinski definition) is 7. The Kier molecular flexibility index (Phi) is 5.51. The maximum atomic E-state index is 12.7. The molecule has 1 amide bonds. The largest absolute Gasteiger partial charge is 0.469 e. The summed E-state index contributed by atoms with van der Waals surface area (Å²) in [6, 6.07) is 8.44. The molecule has 0 radical (unpaired) electrons. The van der Waals surface area contributed by atoms with E-state index in [1.54, 1.807) is 16.0 Å². The maximum absolute atomic E-state index is 12.7. The van der Waals surface area contributed by atoms with E-state index in [-0.39, 0.29) is 6.42 Å². The van der Waals surface area contributed by atoms with E-state index in [9.17, 15) is 14.4 Å². The van der Waals surface area contributed by atoms with E-state index in [0.29, 0.717) is 10.7 Å². The van der Waals surface area contributed by atoms with Crippen LogP contribution in [0.3, 0.4) is 0 Å². The van der Waals surface area contributed by atoms with E-state index in [2.05, 4.69) is 19.8 Å². The third kappa shape index (κ3) is 3.98. The highest BCUT2D eigenvalue weighted by Crippen LogP contribution is 2.23. The average molecular weight is 387 g/mol. The van der Waals surface area contributed by atoms with Gasteiger partial charge in [0.05, 0.1) is 26.3 Å². The number of fused-ring (bicyclic) bond motifs is 1. The molecule has 0 saturated heterocycles. The first-order valence-corrected chi connectivity index (χ1v) is 8.89. The van der Waals surface area contributed by atoms with Crippen LogP contribution in [-0.2, 0) is 19.1 Å². The number of nitrogens with one attached hydrogen (secondary N) is 1. The number of hydrogen-bond donors (Lipinski definition) is 1. The molecule has 0 fully saturated rings. The highest BCUT2D eigenvalue weighted by molar-refractivity contribution is 7.15. The number of esters is 2. The molecule has 1 atom stereocenters. The van der Waals surface area contributed by atoms with E-state index in [4.69, 9.17) is 0 Å². The van der Waals surface area contributed by atoms with Crippen LogP contribution in [0.15, 0.2) is 41.9 Å². The van der Waals surface area contributed by atoms with Crippen LogP contribution >= 0.6 is 11.3 Å². The fourth-order valence-corrected chi connectivity index (χ4v) is 3.37. The monoisotopic (exact) mass is 387 g/mol. The lowest BCUT2D eigenvalue weighted by Gasteiger charge is -2.15. The number of ether oxygens (including phenoxy) is 2. The maximum Gasteiger partial charge on any atom is 0.328 e. The number of benzene rings is 1. The summed E-state index contributed by atoms with van der Waals surface area (Å²) >= 11 is 1.30. The Labute approximate surface area is 158 Å². The van der Waals surface area contributed by atoms with Gasteiger partial charge >= 0.3 is 11.9 Å². The summed E-state index contributed by atoms with van der Waals surface area (Å²) in [5.74, 6) is -1.87. The molecular weight excluding hydrogens is 370 g/mol. The number of carbonyl (C=O) groups is 3. The molecule has 0 aliphatic heterocycles. The number of aromatic nitrogens is 2. The minimum Gasteiger partial charge on any atom is -0.469 e. The molecule has 3 rings (SSSR count). The SMILES string of the molecule is COC(=O)C[C@H](NC(=O)c1csc2nc(-c3ccccc3)cn12)C(=O)OC. The molecule has 8 nitrogen and oxygen atoms in total.